The molecule has 0 fully saturated rings. The van der Waals surface area contributed by atoms with Crippen LogP contribution in [0.4, 0.5) is 11.5 Å². The highest BCUT2D eigenvalue weighted by Gasteiger charge is 2.07. The summed E-state index contributed by atoms with van der Waals surface area (Å²) in [5, 5.41) is 6.17. The summed E-state index contributed by atoms with van der Waals surface area (Å²) < 4.78 is 5.15. The van der Waals surface area contributed by atoms with Crippen LogP contribution in [0.3, 0.4) is 0 Å². The standard InChI is InChI=1S/C22H23N3O2/c1-16-3-7-19(8-4-16)25-21-15-18(12-14-23-21)22(26)24-13-11-17-5-9-20(27-2)10-6-17/h3-10,12,14-15H,11,13H2,1-2H3,(H,23,25)(H,24,26). The number of benzene rings is 2. The minimum atomic E-state index is -0.113. The molecule has 5 nitrogen and oxygen atoms in total. The Morgan fingerprint density at radius 3 is 2.48 bits per heavy atom. The summed E-state index contributed by atoms with van der Waals surface area (Å²) in [6.45, 7) is 2.60. The van der Waals surface area contributed by atoms with E-state index in [1.165, 1.54) is 5.56 Å². The van der Waals surface area contributed by atoms with Crippen LogP contribution in [0, 0.1) is 6.92 Å². The number of methoxy groups -OCH3 is 1. The number of nitrogens with one attached hydrogen (secondary N) is 2. The lowest BCUT2D eigenvalue weighted by Crippen LogP contribution is -2.25. The van der Waals surface area contributed by atoms with Crippen LogP contribution in [0.2, 0.25) is 0 Å². The first-order valence-corrected chi connectivity index (χ1v) is 8.85. The topological polar surface area (TPSA) is 63.2 Å². The van der Waals surface area contributed by atoms with Crippen molar-refractivity contribution in [3.05, 3.63) is 83.6 Å². The molecule has 0 aliphatic carbocycles. The van der Waals surface area contributed by atoms with Gasteiger partial charge in [0.15, 0.2) is 0 Å². The number of carbonyl (C=O) groups excluding carboxylic acids is 1. The molecule has 3 aromatic rings. The lowest BCUT2D eigenvalue weighted by Gasteiger charge is -2.09. The van der Waals surface area contributed by atoms with E-state index in [-0.39, 0.29) is 5.91 Å². The number of hydrogen-bond donors (Lipinski definition) is 2. The van der Waals surface area contributed by atoms with Crippen LogP contribution in [0.25, 0.3) is 0 Å². The zero-order chi connectivity index (χ0) is 19.1. The average Bonchev–Trinajstić information content (AvgIpc) is 2.70. The minimum absolute atomic E-state index is 0.113. The number of aromatic nitrogens is 1. The zero-order valence-corrected chi connectivity index (χ0v) is 15.5. The number of pyridine rings is 1. The third kappa shape index (κ3) is 5.31. The van der Waals surface area contributed by atoms with Crippen molar-refractivity contribution in [1.82, 2.24) is 10.3 Å². The van der Waals surface area contributed by atoms with E-state index >= 15 is 0 Å². The first-order chi connectivity index (χ1) is 13.1. The van der Waals surface area contributed by atoms with E-state index in [1.54, 1.807) is 25.4 Å². The second-order valence-electron chi connectivity index (χ2n) is 6.27. The van der Waals surface area contributed by atoms with E-state index in [1.807, 2.05) is 55.5 Å². The molecule has 27 heavy (non-hydrogen) atoms. The highest BCUT2D eigenvalue weighted by atomic mass is 16.5. The van der Waals surface area contributed by atoms with Crippen LogP contribution >= 0.6 is 0 Å². The van der Waals surface area contributed by atoms with E-state index in [4.69, 9.17) is 4.74 Å². The molecule has 138 valence electrons. The Morgan fingerprint density at radius 1 is 1.04 bits per heavy atom. The number of rotatable bonds is 7. The summed E-state index contributed by atoms with van der Waals surface area (Å²) in [4.78, 5) is 16.7. The number of anilines is 2. The number of amides is 1. The summed E-state index contributed by atoms with van der Waals surface area (Å²) >= 11 is 0. The summed E-state index contributed by atoms with van der Waals surface area (Å²) in [7, 11) is 1.64. The molecule has 1 amide bonds. The average molecular weight is 361 g/mol. The fourth-order valence-electron chi connectivity index (χ4n) is 2.64. The molecule has 2 N–H and O–H groups in total. The highest BCUT2D eigenvalue weighted by Crippen LogP contribution is 2.16. The molecule has 0 atom stereocenters. The lowest BCUT2D eigenvalue weighted by atomic mass is 10.1. The van der Waals surface area contributed by atoms with Gasteiger partial charge in [0.05, 0.1) is 7.11 Å². The predicted octanol–water partition coefficient (Wildman–Crippen LogP) is 4.11. The van der Waals surface area contributed by atoms with Crippen LogP contribution in [0.5, 0.6) is 5.75 Å². The summed E-state index contributed by atoms with van der Waals surface area (Å²) in [6, 6.07) is 19.3. The normalized spacial score (nSPS) is 10.3. The van der Waals surface area contributed by atoms with Crippen molar-refractivity contribution in [3.8, 4) is 5.75 Å². The van der Waals surface area contributed by atoms with Crippen molar-refractivity contribution in [2.75, 3.05) is 19.0 Å². The van der Waals surface area contributed by atoms with Gasteiger partial charge in [-0.1, -0.05) is 29.8 Å². The van der Waals surface area contributed by atoms with Crippen molar-refractivity contribution in [3.63, 3.8) is 0 Å². The van der Waals surface area contributed by atoms with Gasteiger partial charge in [-0.3, -0.25) is 4.79 Å². The van der Waals surface area contributed by atoms with Gasteiger partial charge >= 0.3 is 0 Å². The predicted molar refractivity (Wildman–Crippen MR) is 108 cm³/mol. The van der Waals surface area contributed by atoms with Gasteiger partial charge in [-0.25, -0.2) is 4.98 Å². The maximum Gasteiger partial charge on any atom is 0.251 e. The van der Waals surface area contributed by atoms with Gasteiger partial charge in [0.2, 0.25) is 0 Å². The summed E-state index contributed by atoms with van der Waals surface area (Å²) in [5.74, 6) is 1.35. The van der Waals surface area contributed by atoms with E-state index in [0.717, 1.165) is 23.4 Å². The molecule has 0 radical (unpaired) electrons. The second-order valence-corrected chi connectivity index (χ2v) is 6.27. The number of ether oxygens (including phenoxy) is 1. The first kappa shape index (κ1) is 18.5. The minimum Gasteiger partial charge on any atom is -0.497 e. The molecule has 1 aromatic heterocycles. The van der Waals surface area contributed by atoms with Crippen molar-refractivity contribution >= 4 is 17.4 Å². The van der Waals surface area contributed by atoms with Crippen LogP contribution in [0.1, 0.15) is 21.5 Å². The van der Waals surface area contributed by atoms with Gasteiger partial charge in [-0.05, 0) is 55.3 Å². The summed E-state index contributed by atoms with van der Waals surface area (Å²) in [5.41, 5.74) is 3.85. The van der Waals surface area contributed by atoms with E-state index in [9.17, 15) is 4.79 Å². The molecule has 0 bridgehead atoms. The van der Waals surface area contributed by atoms with Crippen LogP contribution in [0.15, 0.2) is 66.9 Å². The molecule has 0 aliphatic heterocycles. The van der Waals surface area contributed by atoms with E-state index in [0.29, 0.717) is 17.9 Å². The van der Waals surface area contributed by atoms with Gasteiger partial charge in [-0.2, -0.15) is 0 Å². The van der Waals surface area contributed by atoms with E-state index < -0.39 is 0 Å². The van der Waals surface area contributed by atoms with Gasteiger partial charge in [-0.15, -0.1) is 0 Å². The molecule has 0 unspecified atom stereocenters. The fraction of sp³-hybridized carbons (Fsp3) is 0.182. The molecule has 0 spiro atoms. The van der Waals surface area contributed by atoms with Gasteiger partial charge in [0.25, 0.3) is 5.91 Å². The first-order valence-electron chi connectivity index (χ1n) is 8.85. The SMILES string of the molecule is COc1ccc(CCNC(=O)c2ccnc(Nc3ccc(C)cc3)c2)cc1. The Kier molecular flexibility index (Phi) is 6.05. The fourth-order valence-corrected chi connectivity index (χ4v) is 2.64. The molecule has 0 aliphatic rings. The molecule has 0 saturated carbocycles. The molecule has 3 rings (SSSR count). The molecular formula is C22H23N3O2. The quantitative estimate of drug-likeness (QED) is 0.665. The Balaban J connectivity index is 1.55. The maximum absolute atomic E-state index is 12.4. The van der Waals surface area contributed by atoms with Crippen molar-refractivity contribution < 1.29 is 9.53 Å². The smallest absolute Gasteiger partial charge is 0.251 e. The number of hydrogen-bond acceptors (Lipinski definition) is 4. The van der Waals surface area contributed by atoms with Gasteiger partial charge in [0.1, 0.15) is 11.6 Å². The molecular weight excluding hydrogens is 338 g/mol. The lowest BCUT2D eigenvalue weighted by molar-refractivity contribution is 0.0954. The Hall–Kier alpha value is -3.34. The monoisotopic (exact) mass is 361 g/mol. The van der Waals surface area contributed by atoms with E-state index in [2.05, 4.69) is 15.6 Å². The van der Waals surface area contributed by atoms with Crippen molar-refractivity contribution in [1.29, 1.82) is 0 Å². The molecule has 5 heteroatoms. The number of nitrogens with zero attached hydrogens (tertiary/aromatic N) is 1. The maximum atomic E-state index is 12.4. The molecule has 2 aromatic carbocycles. The third-order valence-electron chi connectivity index (χ3n) is 4.20. The third-order valence-corrected chi connectivity index (χ3v) is 4.20. The largest absolute Gasteiger partial charge is 0.497 e. The zero-order valence-electron chi connectivity index (χ0n) is 15.5. The number of carbonyl (C=O) groups is 1. The van der Waals surface area contributed by atoms with Crippen LogP contribution in [-0.2, 0) is 6.42 Å². The molecule has 1 heterocycles. The Labute approximate surface area is 159 Å². The summed E-state index contributed by atoms with van der Waals surface area (Å²) in [6.07, 6.45) is 2.39. The van der Waals surface area contributed by atoms with Crippen molar-refractivity contribution in [2.45, 2.75) is 13.3 Å². The second kappa shape index (κ2) is 8.85. The molecule has 0 saturated heterocycles. The van der Waals surface area contributed by atoms with Crippen molar-refractivity contribution in [2.24, 2.45) is 0 Å². The van der Waals surface area contributed by atoms with Crippen LogP contribution in [-0.4, -0.2) is 24.5 Å². The number of aryl methyl sites for hydroxylation is 1. The van der Waals surface area contributed by atoms with Crippen LogP contribution < -0.4 is 15.4 Å². The van der Waals surface area contributed by atoms with Gasteiger partial charge < -0.3 is 15.4 Å². The Morgan fingerprint density at radius 2 is 1.78 bits per heavy atom. The van der Waals surface area contributed by atoms with Gasteiger partial charge in [0, 0.05) is 24.0 Å². The Bertz CT molecular complexity index is 890. The highest BCUT2D eigenvalue weighted by molar-refractivity contribution is 5.94.